The van der Waals surface area contributed by atoms with Crippen molar-refractivity contribution in [2.24, 2.45) is 0 Å². The van der Waals surface area contributed by atoms with E-state index in [1.807, 2.05) is 13.3 Å². The van der Waals surface area contributed by atoms with Crippen molar-refractivity contribution in [2.75, 3.05) is 13.3 Å². The third-order valence-corrected chi connectivity index (χ3v) is 3.26. The average Bonchev–Trinajstić information content (AvgIpc) is 2.30. The number of thioether (sulfide) groups is 1. The lowest BCUT2D eigenvalue weighted by molar-refractivity contribution is -0.137. The molecule has 1 unspecified atom stereocenters. The van der Waals surface area contributed by atoms with Crippen LogP contribution in [-0.4, -0.2) is 24.4 Å². The van der Waals surface area contributed by atoms with E-state index in [2.05, 4.69) is 29.6 Å². The standard InChI is InChI=1S/C12H17NO2S/c1-13-11(7-8-12(14)15)9-3-5-10(16-2)6-4-9/h3-6,11,13H,7-8H2,1-2H3,(H,14,15). The van der Waals surface area contributed by atoms with Gasteiger partial charge >= 0.3 is 5.97 Å². The van der Waals surface area contributed by atoms with Crippen LogP contribution in [0.25, 0.3) is 0 Å². The number of hydrogen-bond acceptors (Lipinski definition) is 3. The van der Waals surface area contributed by atoms with Crippen molar-refractivity contribution in [1.29, 1.82) is 0 Å². The van der Waals surface area contributed by atoms with Crippen LogP contribution in [0, 0.1) is 0 Å². The second-order valence-electron chi connectivity index (χ2n) is 3.55. The fraction of sp³-hybridized carbons (Fsp3) is 0.417. The lowest BCUT2D eigenvalue weighted by Crippen LogP contribution is -2.17. The molecule has 0 fully saturated rings. The van der Waals surface area contributed by atoms with Gasteiger partial charge in [-0.2, -0.15) is 0 Å². The van der Waals surface area contributed by atoms with Crippen molar-refractivity contribution in [1.82, 2.24) is 5.32 Å². The molecular weight excluding hydrogens is 222 g/mol. The van der Waals surface area contributed by atoms with Crippen molar-refractivity contribution in [3.63, 3.8) is 0 Å². The predicted octanol–water partition coefficient (Wildman–Crippen LogP) is 2.53. The number of aliphatic carboxylic acids is 1. The number of rotatable bonds is 6. The topological polar surface area (TPSA) is 49.3 Å². The Hall–Kier alpha value is -1.00. The summed E-state index contributed by atoms with van der Waals surface area (Å²) < 4.78 is 0. The fourth-order valence-electron chi connectivity index (χ4n) is 1.58. The van der Waals surface area contributed by atoms with Crippen LogP contribution in [0.2, 0.25) is 0 Å². The van der Waals surface area contributed by atoms with E-state index in [4.69, 9.17) is 5.11 Å². The minimum atomic E-state index is -0.749. The highest BCUT2D eigenvalue weighted by Gasteiger charge is 2.10. The molecule has 0 aliphatic heterocycles. The molecule has 2 N–H and O–H groups in total. The number of carboxylic acid groups (broad SMARTS) is 1. The van der Waals surface area contributed by atoms with Gasteiger partial charge in [0.25, 0.3) is 0 Å². The third kappa shape index (κ3) is 3.87. The predicted molar refractivity (Wildman–Crippen MR) is 66.9 cm³/mol. The van der Waals surface area contributed by atoms with Crippen LogP contribution < -0.4 is 5.32 Å². The molecule has 4 heteroatoms. The fourth-order valence-corrected chi connectivity index (χ4v) is 1.99. The van der Waals surface area contributed by atoms with Gasteiger partial charge in [0.2, 0.25) is 0 Å². The molecule has 0 aromatic heterocycles. The highest BCUT2D eigenvalue weighted by molar-refractivity contribution is 7.98. The van der Waals surface area contributed by atoms with Gasteiger partial charge in [0.05, 0.1) is 0 Å². The maximum absolute atomic E-state index is 10.5. The van der Waals surface area contributed by atoms with E-state index in [1.165, 1.54) is 4.90 Å². The van der Waals surface area contributed by atoms with Crippen LogP contribution in [0.3, 0.4) is 0 Å². The Morgan fingerprint density at radius 1 is 1.44 bits per heavy atom. The van der Waals surface area contributed by atoms with Crippen molar-refractivity contribution >= 4 is 17.7 Å². The Morgan fingerprint density at radius 3 is 2.50 bits per heavy atom. The normalized spacial score (nSPS) is 12.4. The van der Waals surface area contributed by atoms with E-state index in [0.717, 1.165) is 5.56 Å². The summed E-state index contributed by atoms with van der Waals surface area (Å²) >= 11 is 1.70. The van der Waals surface area contributed by atoms with Crippen molar-refractivity contribution in [3.8, 4) is 0 Å². The molecule has 0 saturated heterocycles. The Bertz CT molecular complexity index is 337. The highest BCUT2D eigenvalue weighted by Crippen LogP contribution is 2.21. The van der Waals surface area contributed by atoms with E-state index in [0.29, 0.717) is 6.42 Å². The molecule has 0 aliphatic carbocycles. The van der Waals surface area contributed by atoms with Crippen LogP contribution in [0.15, 0.2) is 29.2 Å². The average molecular weight is 239 g/mol. The Kier molecular flexibility index (Phi) is 5.35. The summed E-state index contributed by atoms with van der Waals surface area (Å²) in [5, 5.41) is 11.8. The van der Waals surface area contributed by atoms with Crippen molar-refractivity contribution in [3.05, 3.63) is 29.8 Å². The van der Waals surface area contributed by atoms with Gasteiger partial charge in [0.15, 0.2) is 0 Å². The van der Waals surface area contributed by atoms with Crippen molar-refractivity contribution in [2.45, 2.75) is 23.8 Å². The van der Waals surface area contributed by atoms with E-state index in [1.54, 1.807) is 11.8 Å². The van der Waals surface area contributed by atoms with Crippen molar-refractivity contribution < 1.29 is 9.90 Å². The summed E-state index contributed by atoms with van der Waals surface area (Å²) in [7, 11) is 1.86. The first-order valence-corrected chi connectivity index (χ1v) is 6.43. The van der Waals surface area contributed by atoms with Gasteiger partial charge in [0.1, 0.15) is 0 Å². The summed E-state index contributed by atoms with van der Waals surface area (Å²) in [5.41, 5.74) is 1.14. The van der Waals surface area contributed by atoms with E-state index in [-0.39, 0.29) is 12.5 Å². The SMILES string of the molecule is CNC(CCC(=O)O)c1ccc(SC)cc1. The number of hydrogen-bond donors (Lipinski definition) is 2. The minimum absolute atomic E-state index is 0.118. The number of carboxylic acids is 1. The van der Waals surface area contributed by atoms with Crippen LogP contribution in [-0.2, 0) is 4.79 Å². The molecule has 0 aliphatic rings. The Balaban J connectivity index is 2.66. The van der Waals surface area contributed by atoms with Gasteiger partial charge in [-0.05, 0) is 37.4 Å². The molecule has 3 nitrogen and oxygen atoms in total. The summed E-state index contributed by atoms with van der Waals surface area (Å²) in [6.45, 7) is 0. The quantitative estimate of drug-likeness (QED) is 0.749. The second kappa shape index (κ2) is 6.55. The number of benzene rings is 1. The lowest BCUT2D eigenvalue weighted by atomic mass is 10.0. The van der Waals surface area contributed by atoms with Gasteiger partial charge in [-0.25, -0.2) is 0 Å². The maximum Gasteiger partial charge on any atom is 0.303 e. The van der Waals surface area contributed by atoms with Crippen LogP contribution in [0.4, 0.5) is 0 Å². The zero-order valence-electron chi connectivity index (χ0n) is 9.56. The minimum Gasteiger partial charge on any atom is -0.481 e. The molecule has 0 radical (unpaired) electrons. The molecule has 1 rings (SSSR count). The molecule has 88 valence electrons. The summed E-state index contributed by atoms with van der Waals surface area (Å²) in [6, 6.07) is 8.34. The first-order valence-electron chi connectivity index (χ1n) is 5.20. The summed E-state index contributed by atoms with van der Waals surface area (Å²) in [4.78, 5) is 11.7. The first-order chi connectivity index (χ1) is 7.67. The molecule has 16 heavy (non-hydrogen) atoms. The van der Waals surface area contributed by atoms with Crippen LogP contribution in [0.1, 0.15) is 24.4 Å². The monoisotopic (exact) mass is 239 g/mol. The van der Waals surface area contributed by atoms with E-state index in [9.17, 15) is 4.79 Å². The highest BCUT2D eigenvalue weighted by atomic mass is 32.2. The second-order valence-corrected chi connectivity index (χ2v) is 4.43. The van der Waals surface area contributed by atoms with Gasteiger partial charge in [-0.3, -0.25) is 4.79 Å². The summed E-state index contributed by atoms with van der Waals surface area (Å²) in [5.74, 6) is -0.749. The van der Waals surface area contributed by atoms with E-state index >= 15 is 0 Å². The van der Waals surface area contributed by atoms with E-state index < -0.39 is 5.97 Å². The van der Waals surface area contributed by atoms with Gasteiger partial charge < -0.3 is 10.4 Å². The van der Waals surface area contributed by atoms with Gasteiger partial charge in [0, 0.05) is 17.4 Å². The third-order valence-electron chi connectivity index (χ3n) is 2.51. The van der Waals surface area contributed by atoms with Gasteiger partial charge in [-0.15, -0.1) is 11.8 Å². The molecule has 1 aromatic carbocycles. The molecule has 0 saturated carbocycles. The Labute approximate surface area is 100 Å². The molecule has 1 aromatic rings. The molecule has 1 atom stereocenters. The van der Waals surface area contributed by atoms with Gasteiger partial charge in [-0.1, -0.05) is 12.1 Å². The smallest absolute Gasteiger partial charge is 0.303 e. The number of carbonyl (C=O) groups is 1. The van der Waals surface area contributed by atoms with Crippen LogP contribution >= 0.6 is 11.8 Å². The zero-order valence-corrected chi connectivity index (χ0v) is 10.4. The first kappa shape index (κ1) is 13.1. The summed E-state index contributed by atoms with van der Waals surface area (Å²) in [6.07, 6.45) is 2.84. The number of nitrogens with one attached hydrogen (secondary N) is 1. The molecule has 0 amide bonds. The Morgan fingerprint density at radius 2 is 2.06 bits per heavy atom. The lowest BCUT2D eigenvalue weighted by Gasteiger charge is -2.15. The molecule has 0 bridgehead atoms. The zero-order chi connectivity index (χ0) is 12.0. The molecule has 0 spiro atoms. The largest absolute Gasteiger partial charge is 0.481 e. The molecular formula is C12H17NO2S. The van der Waals surface area contributed by atoms with Crippen LogP contribution in [0.5, 0.6) is 0 Å². The molecule has 0 heterocycles. The maximum atomic E-state index is 10.5.